The minimum Gasteiger partial charge on any atom is -0.399 e. The molecule has 1 fully saturated rings. The third-order valence-corrected chi connectivity index (χ3v) is 4.83. The molecule has 2 heterocycles. The topological polar surface area (TPSA) is 84.9 Å². The molecule has 128 valence electrons. The van der Waals surface area contributed by atoms with Gasteiger partial charge in [0.2, 0.25) is 0 Å². The van der Waals surface area contributed by atoms with Crippen molar-refractivity contribution in [2.45, 2.75) is 44.6 Å². The molecule has 1 saturated carbocycles. The van der Waals surface area contributed by atoms with Crippen LogP contribution in [0.15, 0.2) is 36.5 Å². The summed E-state index contributed by atoms with van der Waals surface area (Å²) in [6.45, 7) is 5.58. The summed E-state index contributed by atoms with van der Waals surface area (Å²) in [6.07, 6.45) is 2.79. The molecule has 0 unspecified atom stereocenters. The van der Waals surface area contributed by atoms with E-state index >= 15 is 0 Å². The van der Waals surface area contributed by atoms with Gasteiger partial charge in [0.15, 0.2) is 0 Å². The van der Waals surface area contributed by atoms with E-state index in [0.717, 1.165) is 40.1 Å². The van der Waals surface area contributed by atoms with Crippen LogP contribution in [0, 0.1) is 6.92 Å². The van der Waals surface area contributed by atoms with Crippen molar-refractivity contribution in [3.8, 4) is 0 Å². The average Bonchev–Trinajstić information content (AvgIpc) is 3.33. The SMILES string of the molecule is Cc1ccnc([C@H]2C[C@@H]2c2cc(C(C)(C)O)c3ccc(N)cc3n2)n1. The van der Waals surface area contributed by atoms with Gasteiger partial charge in [0.1, 0.15) is 5.82 Å². The molecule has 0 bridgehead atoms. The van der Waals surface area contributed by atoms with E-state index in [9.17, 15) is 5.11 Å². The number of anilines is 1. The average molecular weight is 334 g/mol. The van der Waals surface area contributed by atoms with Gasteiger partial charge in [0.25, 0.3) is 0 Å². The van der Waals surface area contributed by atoms with Crippen LogP contribution in [0.2, 0.25) is 0 Å². The van der Waals surface area contributed by atoms with Crippen LogP contribution in [-0.4, -0.2) is 20.1 Å². The van der Waals surface area contributed by atoms with Gasteiger partial charge in [-0.3, -0.25) is 4.98 Å². The third kappa shape index (κ3) is 2.96. The first-order valence-electron chi connectivity index (χ1n) is 8.55. The lowest BCUT2D eigenvalue weighted by Crippen LogP contribution is -2.17. The smallest absolute Gasteiger partial charge is 0.132 e. The van der Waals surface area contributed by atoms with Gasteiger partial charge >= 0.3 is 0 Å². The molecule has 0 aliphatic heterocycles. The molecule has 0 spiro atoms. The van der Waals surface area contributed by atoms with Crippen molar-refractivity contribution < 1.29 is 5.11 Å². The molecule has 0 amide bonds. The lowest BCUT2D eigenvalue weighted by atomic mass is 9.93. The fourth-order valence-electron chi connectivity index (χ4n) is 3.42. The Bertz CT molecular complexity index is 962. The fourth-order valence-corrected chi connectivity index (χ4v) is 3.42. The minimum absolute atomic E-state index is 0.286. The van der Waals surface area contributed by atoms with E-state index < -0.39 is 5.60 Å². The molecule has 25 heavy (non-hydrogen) atoms. The second-order valence-electron chi connectivity index (χ2n) is 7.44. The number of benzene rings is 1. The molecule has 1 aliphatic rings. The number of aliphatic hydroxyl groups is 1. The standard InChI is InChI=1S/C20H22N4O/c1-11-6-7-22-19(23-11)15-9-14(15)18-10-16(20(2,3)25)13-5-4-12(21)8-17(13)24-18/h4-8,10,14-15,25H,9,21H2,1-3H3/t14-,15-/m0/s1. The summed E-state index contributed by atoms with van der Waals surface area (Å²) in [6, 6.07) is 9.58. The minimum atomic E-state index is -0.948. The number of nitrogens with zero attached hydrogens (tertiary/aromatic N) is 3. The molecule has 3 aromatic rings. The van der Waals surface area contributed by atoms with Gasteiger partial charge in [-0.15, -0.1) is 0 Å². The maximum absolute atomic E-state index is 10.6. The van der Waals surface area contributed by atoms with E-state index in [0.29, 0.717) is 11.6 Å². The highest BCUT2D eigenvalue weighted by Crippen LogP contribution is 2.53. The highest BCUT2D eigenvalue weighted by atomic mass is 16.3. The van der Waals surface area contributed by atoms with Gasteiger partial charge in [-0.2, -0.15) is 0 Å². The Morgan fingerprint density at radius 1 is 1.12 bits per heavy atom. The van der Waals surface area contributed by atoms with E-state index in [1.807, 2.05) is 43.5 Å². The van der Waals surface area contributed by atoms with Crippen molar-refractivity contribution in [1.82, 2.24) is 15.0 Å². The van der Waals surface area contributed by atoms with Crippen LogP contribution < -0.4 is 5.73 Å². The van der Waals surface area contributed by atoms with Gasteiger partial charge < -0.3 is 10.8 Å². The van der Waals surface area contributed by atoms with Crippen molar-refractivity contribution in [2.24, 2.45) is 0 Å². The quantitative estimate of drug-likeness (QED) is 0.717. The largest absolute Gasteiger partial charge is 0.399 e. The van der Waals surface area contributed by atoms with E-state index in [1.165, 1.54) is 0 Å². The lowest BCUT2D eigenvalue weighted by Gasteiger charge is -2.21. The van der Waals surface area contributed by atoms with Gasteiger partial charge in [0.05, 0.1) is 11.1 Å². The number of aromatic nitrogens is 3. The zero-order chi connectivity index (χ0) is 17.8. The first-order chi connectivity index (χ1) is 11.8. The maximum Gasteiger partial charge on any atom is 0.132 e. The normalized spacial score (nSPS) is 20.0. The second-order valence-corrected chi connectivity index (χ2v) is 7.44. The number of nitrogen functional groups attached to an aromatic ring is 1. The van der Waals surface area contributed by atoms with E-state index in [1.54, 1.807) is 13.8 Å². The molecular formula is C20H22N4O. The van der Waals surface area contributed by atoms with E-state index in [4.69, 9.17) is 10.7 Å². The molecule has 0 saturated heterocycles. The monoisotopic (exact) mass is 334 g/mol. The van der Waals surface area contributed by atoms with E-state index in [2.05, 4.69) is 9.97 Å². The molecule has 5 heteroatoms. The van der Waals surface area contributed by atoms with Crippen LogP contribution in [0.5, 0.6) is 0 Å². The molecular weight excluding hydrogens is 312 g/mol. The number of pyridine rings is 1. The maximum atomic E-state index is 10.6. The van der Waals surface area contributed by atoms with Crippen LogP contribution in [-0.2, 0) is 5.60 Å². The summed E-state index contributed by atoms with van der Waals surface area (Å²) < 4.78 is 0. The number of nitrogens with two attached hydrogens (primary N) is 1. The number of hydrogen-bond donors (Lipinski definition) is 2. The van der Waals surface area contributed by atoms with Crippen LogP contribution in [0.25, 0.3) is 10.9 Å². The zero-order valence-corrected chi connectivity index (χ0v) is 14.7. The van der Waals surface area contributed by atoms with Gasteiger partial charge in [0, 0.05) is 40.5 Å². The van der Waals surface area contributed by atoms with Crippen LogP contribution in [0.4, 0.5) is 5.69 Å². The first-order valence-corrected chi connectivity index (χ1v) is 8.55. The van der Waals surface area contributed by atoms with E-state index in [-0.39, 0.29) is 5.92 Å². The Hall–Kier alpha value is -2.53. The highest BCUT2D eigenvalue weighted by molar-refractivity contribution is 5.86. The summed E-state index contributed by atoms with van der Waals surface area (Å²) in [4.78, 5) is 13.8. The molecule has 2 aromatic heterocycles. The number of fused-ring (bicyclic) bond motifs is 1. The van der Waals surface area contributed by atoms with Crippen LogP contribution in [0.3, 0.4) is 0 Å². The first kappa shape index (κ1) is 16.0. The lowest BCUT2D eigenvalue weighted by molar-refractivity contribution is 0.0800. The van der Waals surface area contributed by atoms with Crippen molar-refractivity contribution in [2.75, 3.05) is 5.73 Å². The fraction of sp³-hybridized carbons (Fsp3) is 0.350. The predicted molar refractivity (Wildman–Crippen MR) is 98.3 cm³/mol. The molecule has 1 aromatic carbocycles. The van der Waals surface area contributed by atoms with Crippen molar-refractivity contribution in [1.29, 1.82) is 0 Å². The summed E-state index contributed by atoms with van der Waals surface area (Å²) in [5.41, 5.74) is 9.32. The highest BCUT2D eigenvalue weighted by Gasteiger charge is 2.43. The molecule has 0 radical (unpaired) electrons. The summed E-state index contributed by atoms with van der Waals surface area (Å²) in [5.74, 6) is 1.46. The number of aryl methyl sites for hydroxylation is 1. The molecule has 1 aliphatic carbocycles. The molecule has 4 rings (SSSR count). The molecule has 5 nitrogen and oxygen atoms in total. The van der Waals surface area contributed by atoms with Crippen LogP contribution >= 0.6 is 0 Å². The molecule has 2 atom stereocenters. The number of rotatable bonds is 3. The van der Waals surface area contributed by atoms with Gasteiger partial charge in [-0.25, -0.2) is 9.97 Å². The zero-order valence-electron chi connectivity index (χ0n) is 14.7. The van der Waals surface area contributed by atoms with Gasteiger partial charge in [-0.05, 0) is 57.0 Å². The van der Waals surface area contributed by atoms with Crippen molar-refractivity contribution >= 4 is 16.6 Å². The number of hydrogen-bond acceptors (Lipinski definition) is 5. The molecule has 3 N–H and O–H groups in total. The Kier molecular flexibility index (Phi) is 3.51. The Balaban J connectivity index is 1.78. The Morgan fingerprint density at radius 2 is 1.92 bits per heavy atom. The van der Waals surface area contributed by atoms with Crippen molar-refractivity contribution in [3.63, 3.8) is 0 Å². The van der Waals surface area contributed by atoms with Gasteiger partial charge in [-0.1, -0.05) is 6.07 Å². The Morgan fingerprint density at radius 3 is 2.64 bits per heavy atom. The second kappa shape index (κ2) is 5.49. The summed E-state index contributed by atoms with van der Waals surface area (Å²) in [7, 11) is 0. The van der Waals surface area contributed by atoms with Crippen molar-refractivity contribution in [3.05, 3.63) is 59.3 Å². The third-order valence-electron chi connectivity index (χ3n) is 4.83. The summed E-state index contributed by atoms with van der Waals surface area (Å²) in [5, 5.41) is 11.6. The summed E-state index contributed by atoms with van der Waals surface area (Å²) >= 11 is 0. The Labute approximate surface area is 147 Å². The van der Waals surface area contributed by atoms with Crippen LogP contribution in [0.1, 0.15) is 54.9 Å². The predicted octanol–water partition coefficient (Wildman–Crippen LogP) is 3.41.